The molecule has 2 rings (SSSR count). The zero-order valence-electron chi connectivity index (χ0n) is 10.4. The summed E-state index contributed by atoms with van der Waals surface area (Å²) in [6, 6.07) is 1.90. The molecule has 0 bridgehead atoms. The van der Waals surface area contributed by atoms with E-state index in [2.05, 4.69) is 15.5 Å². The molecule has 0 radical (unpaired) electrons. The molecule has 2 unspecified atom stereocenters. The molecule has 1 saturated heterocycles. The Balaban J connectivity index is 2.00. The number of hydrogen-bond acceptors (Lipinski definition) is 3. The second kappa shape index (κ2) is 5.31. The van der Waals surface area contributed by atoms with Crippen LogP contribution in [0.3, 0.4) is 0 Å². The minimum absolute atomic E-state index is 0.101. The van der Waals surface area contributed by atoms with Gasteiger partial charge in [0.1, 0.15) is 0 Å². The van der Waals surface area contributed by atoms with Crippen LogP contribution in [0.4, 0.5) is 0 Å². The van der Waals surface area contributed by atoms with Gasteiger partial charge in [-0.2, -0.15) is 5.10 Å². The fourth-order valence-electron chi connectivity index (χ4n) is 2.32. The van der Waals surface area contributed by atoms with E-state index in [0.29, 0.717) is 5.92 Å². The van der Waals surface area contributed by atoms with E-state index >= 15 is 0 Å². The van der Waals surface area contributed by atoms with Crippen molar-refractivity contribution in [3.63, 3.8) is 0 Å². The molecule has 1 fully saturated rings. The van der Waals surface area contributed by atoms with Gasteiger partial charge in [0.2, 0.25) is 5.91 Å². The van der Waals surface area contributed by atoms with Crippen molar-refractivity contribution >= 4 is 5.91 Å². The third-order valence-electron chi connectivity index (χ3n) is 3.50. The Kier molecular flexibility index (Phi) is 3.78. The van der Waals surface area contributed by atoms with Gasteiger partial charge in [-0.3, -0.25) is 9.89 Å². The lowest BCUT2D eigenvalue weighted by atomic mass is 9.94. The first-order valence-corrected chi connectivity index (χ1v) is 6.17. The predicted octanol–water partition coefficient (Wildman–Crippen LogP) is 0.724. The molecule has 1 aliphatic heterocycles. The van der Waals surface area contributed by atoms with Crippen LogP contribution in [0, 0.1) is 0 Å². The Hall–Kier alpha value is -1.36. The summed E-state index contributed by atoms with van der Waals surface area (Å²) >= 11 is 0. The Labute approximate surface area is 102 Å². The molecule has 1 aliphatic rings. The summed E-state index contributed by atoms with van der Waals surface area (Å²) in [5, 5.41) is 9.98. The van der Waals surface area contributed by atoms with E-state index in [1.165, 1.54) is 0 Å². The maximum absolute atomic E-state index is 12.1. The summed E-state index contributed by atoms with van der Waals surface area (Å²) in [7, 11) is 1.82. The smallest absolute Gasteiger partial charge is 0.239 e. The number of nitrogens with zero attached hydrogens (tertiary/aromatic N) is 2. The molecule has 2 N–H and O–H groups in total. The van der Waals surface area contributed by atoms with Crippen molar-refractivity contribution in [3.05, 3.63) is 18.0 Å². The highest BCUT2D eigenvalue weighted by Crippen LogP contribution is 2.25. The molecule has 5 heteroatoms. The number of nitrogens with one attached hydrogen (secondary N) is 2. The Bertz CT molecular complexity index is 363. The third-order valence-corrected chi connectivity index (χ3v) is 3.50. The van der Waals surface area contributed by atoms with Crippen LogP contribution in [0.15, 0.2) is 12.3 Å². The van der Waals surface area contributed by atoms with E-state index in [1.807, 2.05) is 24.9 Å². The van der Waals surface area contributed by atoms with Gasteiger partial charge >= 0.3 is 0 Å². The highest BCUT2D eigenvalue weighted by molar-refractivity contribution is 5.81. The van der Waals surface area contributed by atoms with E-state index < -0.39 is 0 Å². The standard InChI is InChI=1S/C12H20N4O/c1-9(13-2)12(17)16-7-3-4-10(8-16)11-5-6-14-15-11/h5-6,9-10,13H,3-4,7-8H2,1-2H3,(H,14,15). The molecule has 0 aromatic carbocycles. The van der Waals surface area contributed by atoms with Gasteiger partial charge in [0.15, 0.2) is 0 Å². The van der Waals surface area contributed by atoms with Gasteiger partial charge in [-0.05, 0) is 32.9 Å². The molecular formula is C12H20N4O. The highest BCUT2D eigenvalue weighted by atomic mass is 16.2. The molecular weight excluding hydrogens is 216 g/mol. The van der Waals surface area contributed by atoms with Crippen LogP contribution in [0.1, 0.15) is 31.4 Å². The van der Waals surface area contributed by atoms with E-state index in [1.54, 1.807) is 6.20 Å². The normalized spacial score (nSPS) is 22.5. The highest BCUT2D eigenvalue weighted by Gasteiger charge is 2.27. The average Bonchev–Trinajstić information content (AvgIpc) is 2.91. The van der Waals surface area contributed by atoms with Crippen LogP contribution in [0.5, 0.6) is 0 Å². The monoisotopic (exact) mass is 236 g/mol. The lowest BCUT2D eigenvalue weighted by Gasteiger charge is -2.33. The zero-order valence-corrected chi connectivity index (χ0v) is 10.4. The first-order valence-electron chi connectivity index (χ1n) is 6.17. The van der Waals surface area contributed by atoms with Crippen LogP contribution >= 0.6 is 0 Å². The maximum atomic E-state index is 12.1. The summed E-state index contributed by atoms with van der Waals surface area (Å²) < 4.78 is 0. The Morgan fingerprint density at radius 1 is 1.71 bits per heavy atom. The lowest BCUT2D eigenvalue weighted by molar-refractivity contribution is -0.134. The number of H-pyrrole nitrogens is 1. The summed E-state index contributed by atoms with van der Waals surface area (Å²) in [6.45, 7) is 3.57. The van der Waals surface area contributed by atoms with Crippen LogP contribution in [0.2, 0.25) is 0 Å². The van der Waals surface area contributed by atoms with E-state index in [0.717, 1.165) is 31.6 Å². The molecule has 0 aliphatic carbocycles. The number of carbonyl (C=O) groups is 1. The number of likely N-dealkylation sites (N-methyl/N-ethyl adjacent to an activating group) is 1. The number of carbonyl (C=O) groups excluding carboxylic acids is 1. The van der Waals surface area contributed by atoms with Gasteiger partial charge in [0.25, 0.3) is 0 Å². The quantitative estimate of drug-likeness (QED) is 0.813. The number of aromatic amines is 1. The molecule has 17 heavy (non-hydrogen) atoms. The molecule has 94 valence electrons. The largest absolute Gasteiger partial charge is 0.341 e. The fourth-order valence-corrected chi connectivity index (χ4v) is 2.32. The topological polar surface area (TPSA) is 61.0 Å². The average molecular weight is 236 g/mol. The van der Waals surface area contributed by atoms with Gasteiger partial charge in [0.05, 0.1) is 6.04 Å². The van der Waals surface area contributed by atoms with Crippen LogP contribution < -0.4 is 5.32 Å². The Morgan fingerprint density at radius 2 is 2.53 bits per heavy atom. The molecule has 0 saturated carbocycles. The lowest BCUT2D eigenvalue weighted by Crippen LogP contribution is -2.47. The second-order valence-corrected chi connectivity index (χ2v) is 4.65. The molecule has 2 heterocycles. The summed E-state index contributed by atoms with van der Waals surface area (Å²) in [5.41, 5.74) is 1.14. The van der Waals surface area contributed by atoms with Gasteiger partial charge < -0.3 is 10.2 Å². The summed E-state index contributed by atoms with van der Waals surface area (Å²) in [6.07, 6.45) is 3.96. The second-order valence-electron chi connectivity index (χ2n) is 4.65. The number of aromatic nitrogens is 2. The first kappa shape index (κ1) is 12.1. The molecule has 1 aromatic rings. The van der Waals surface area contributed by atoms with Gasteiger partial charge in [-0.15, -0.1) is 0 Å². The van der Waals surface area contributed by atoms with Crippen molar-refractivity contribution in [2.75, 3.05) is 20.1 Å². The fraction of sp³-hybridized carbons (Fsp3) is 0.667. The third kappa shape index (κ3) is 2.66. The van der Waals surface area contributed by atoms with E-state index in [4.69, 9.17) is 0 Å². The summed E-state index contributed by atoms with van der Waals surface area (Å²) in [4.78, 5) is 14.0. The number of rotatable bonds is 3. The van der Waals surface area contributed by atoms with Gasteiger partial charge in [0, 0.05) is 30.9 Å². The number of likely N-dealkylation sites (tertiary alicyclic amines) is 1. The van der Waals surface area contributed by atoms with Crippen molar-refractivity contribution in [1.82, 2.24) is 20.4 Å². The van der Waals surface area contributed by atoms with Crippen LogP contribution in [-0.2, 0) is 4.79 Å². The van der Waals surface area contributed by atoms with Crippen LogP contribution in [-0.4, -0.2) is 47.2 Å². The minimum atomic E-state index is -0.101. The summed E-state index contributed by atoms with van der Waals surface area (Å²) in [5.74, 6) is 0.593. The predicted molar refractivity (Wildman–Crippen MR) is 65.7 cm³/mol. The Morgan fingerprint density at radius 3 is 3.18 bits per heavy atom. The van der Waals surface area contributed by atoms with E-state index in [-0.39, 0.29) is 11.9 Å². The van der Waals surface area contributed by atoms with Crippen molar-refractivity contribution in [2.24, 2.45) is 0 Å². The first-order chi connectivity index (χ1) is 8.22. The molecule has 2 atom stereocenters. The van der Waals surface area contributed by atoms with Gasteiger partial charge in [-0.1, -0.05) is 0 Å². The number of piperidine rings is 1. The van der Waals surface area contributed by atoms with E-state index in [9.17, 15) is 4.79 Å². The minimum Gasteiger partial charge on any atom is -0.341 e. The number of hydrogen-bond donors (Lipinski definition) is 2. The van der Waals surface area contributed by atoms with Crippen LogP contribution in [0.25, 0.3) is 0 Å². The SMILES string of the molecule is CNC(C)C(=O)N1CCCC(c2ccn[nH]2)C1. The maximum Gasteiger partial charge on any atom is 0.239 e. The molecule has 1 aromatic heterocycles. The van der Waals surface area contributed by atoms with Crippen molar-refractivity contribution in [1.29, 1.82) is 0 Å². The molecule has 1 amide bonds. The molecule has 5 nitrogen and oxygen atoms in total. The van der Waals surface area contributed by atoms with Crippen molar-refractivity contribution in [3.8, 4) is 0 Å². The molecule has 0 spiro atoms. The van der Waals surface area contributed by atoms with Gasteiger partial charge in [-0.25, -0.2) is 0 Å². The number of amides is 1. The van der Waals surface area contributed by atoms with Crippen molar-refractivity contribution < 1.29 is 4.79 Å². The van der Waals surface area contributed by atoms with Crippen molar-refractivity contribution in [2.45, 2.75) is 31.7 Å². The zero-order chi connectivity index (χ0) is 12.3.